The van der Waals surface area contributed by atoms with Crippen LogP contribution >= 0.6 is 11.8 Å². The second kappa shape index (κ2) is 9.97. The Labute approximate surface area is 103 Å². The number of aliphatic hydroxyl groups excluding tert-OH is 1. The van der Waals surface area contributed by atoms with Crippen LogP contribution < -0.4 is 0 Å². The number of hydrogen-bond acceptors (Lipinski definition) is 4. The maximum Gasteiger partial charge on any atom is 0.305 e. The Morgan fingerprint density at radius 1 is 1.31 bits per heavy atom. The van der Waals surface area contributed by atoms with Crippen LogP contribution in [0.1, 0.15) is 46.5 Å². The van der Waals surface area contributed by atoms with Gasteiger partial charge in [-0.1, -0.05) is 13.3 Å². The Morgan fingerprint density at radius 2 is 2.00 bits per heavy atom. The molecule has 0 bridgehead atoms. The van der Waals surface area contributed by atoms with E-state index in [1.165, 1.54) is 0 Å². The van der Waals surface area contributed by atoms with Crippen molar-refractivity contribution >= 4 is 17.7 Å². The first kappa shape index (κ1) is 15.8. The third-order valence-electron chi connectivity index (χ3n) is 2.39. The summed E-state index contributed by atoms with van der Waals surface area (Å²) in [6.07, 6.45) is 3.34. The summed E-state index contributed by atoms with van der Waals surface area (Å²) in [7, 11) is 0. The molecule has 96 valence electrons. The van der Waals surface area contributed by atoms with Crippen molar-refractivity contribution in [1.29, 1.82) is 0 Å². The van der Waals surface area contributed by atoms with E-state index in [2.05, 4.69) is 0 Å². The quantitative estimate of drug-likeness (QED) is 0.503. The van der Waals surface area contributed by atoms with Gasteiger partial charge in [0.15, 0.2) is 0 Å². The Kier molecular flexibility index (Phi) is 9.83. The van der Waals surface area contributed by atoms with Gasteiger partial charge in [0.1, 0.15) is 0 Å². The molecule has 0 aromatic carbocycles. The predicted octanol–water partition coefficient (Wildman–Crippen LogP) is 2.61. The fraction of sp³-hybridized carbons (Fsp3) is 0.917. The fourth-order valence-electron chi connectivity index (χ4n) is 1.19. The molecule has 1 N–H and O–H groups in total. The third kappa shape index (κ3) is 9.04. The fourth-order valence-corrected chi connectivity index (χ4v) is 2.21. The summed E-state index contributed by atoms with van der Waals surface area (Å²) < 4.78 is 4.84. The molecule has 0 aliphatic heterocycles. The second-order valence-corrected chi connectivity index (χ2v) is 5.42. The highest BCUT2D eigenvalue weighted by molar-refractivity contribution is 7.99. The number of thioether (sulfide) groups is 1. The molecule has 16 heavy (non-hydrogen) atoms. The first-order chi connectivity index (χ1) is 7.57. The van der Waals surface area contributed by atoms with Crippen LogP contribution in [0.2, 0.25) is 0 Å². The molecule has 4 heteroatoms. The van der Waals surface area contributed by atoms with Crippen LogP contribution in [0.15, 0.2) is 0 Å². The summed E-state index contributed by atoms with van der Waals surface area (Å²) >= 11 is 1.79. The van der Waals surface area contributed by atoms with Crippen LogP contribution in [-0.2, 0) is 9.53 Å². The lowest BCUT2D eigenvalue weighted by Crippen LogP contribution is -2.15. The van der Waals surface area contributed by atoms with E-state index < -0.39 is 0 Å². The van der Waals surface area contributed by atoms with Crippen molar-refractivity contribution in [2.24, 2.45) is 0 Å². The molecule has 0 saturated carbocycles. The largest absolute Gasteiger partial charge is 0.466 e. The van der Waals surface area contributed by atoms with Gasteiger partial charge < -0.3 is 9.84 Å². The van der Waals surface area contributed by atoms with Crippen LogP contribution in [-0.4, -0.2) is 34.8 Å². The van der Waals surface area contributed by atoms with Gasteiger partial charge in [0.2, 0.25) is 0 Å². The average Bonchev–Trinajstić information content (AvgIpc) is 2.23. The van der Waals surface area contributed by atoms with Gasteiger partial charge in [-0.2, -0.15) is 11.8 Å². The molecule has 0 aliphatic rings. The minimum atomic E-state index is -0.246. The molecule has 0 radical (unpaired) electrons. The topological polar surface area (TPSA) is 46.5 Å². The zero-order valence-corrected chi connectivity index (χ0v) is 11.4. The minimum Gasteiger partial charge on any atom is -0.466 e. The highest BCUT2D eigenvalue weighted by Gasteiger charge is 2.08. The molecule has 0 rings (SSSR count). The molecular formula is C12H24O3S. The molecule has 0 aliphatic carbocycles. The van der Waals surface area contributed by atoms with E-state index in [1.54, 1.807) is 11.8 Å². The standard InChI is InChI=1S/C12H24O3S/c1-4-15-12(14)8-6-5-7-9-16-11(3)10(2)13/h10-11,13H,4-9H2,1-3H3. The summed E-state index contributed by atoms with van der Waals surface area (Å²) in [5, 5.41) is 9.57. The SMILES string of the molecule is CCOC(=O)CCCCCSC(C)C(C)O. The summed E-state index contributed by atoms with van der Waals surface area (Å²) in [6, 6.07) is 0. The number of ether oxygens (including phenoxy) is 1. The Morgan fingerprint density at radius 3 is 2.56 bits per heavy atom. The molecule has 2 unspecified atom stereocenters. The highest BCUT2D eigenvalue weighted by atomic mass is 32.2. The molecule has 2 atom stereocenters. The lowest BCUT2D eigenvalue weighted by atomic mass is 10.2. The Hall–Kier alpha value is -0.220. The maximum absolute atomic E-state index is 11.0. The van der Waals surface area contributed by atoms with E-state index in [1.807, 2.05) is 20.8 Å². The molecule has 3 nitrogen and oxygen atoms in total. The third-order valence-corrected chi connectivity index (χ3v) is 3.83. The number of esters is 1. The van der Waals surface area contributed by atoms with Crippen LogP contribution in [0.3, 0.4) is 0 Å². The molecule has 0 aromatic rings. The second-order valence-electron chi connectivity index (χ2n) is 3.93. The lowest BCUT2D eigenvalue weighted by molar-refractivity contribution is -0.143. The van der Waals surface area contributed by atoms with Gasteiger partial charge in [0.05, 0.1) is 12.7 Å². The molecule has 0 fully saturated rings. The first-order valence-corrected chi connectivity index (χ1v) is 7.08. The zero-order chi connectivity index (χ0) is 12.4. The van der Waals surface area contributed by atoms with Gasteiger partial charge in [-0.25, -0.2) is 0 Å². The van der Waals surface area contributed by atoms with Gasteiger partial charge in [-0.15, -0.1) is 0 Å². The van der Waals surface area contributed by atoms with Crippen LogP contribution in [0, 0.1) is 0 Å². The van der Waals surface area contributed by atoms with Gasteiger partial charge in [0.25, 0.3) is 0 Å². The van der Waals surface area contributed by atoms with Gasteiger partial charge in [-0.05, 0) is 32.4 Å². The normalized spacial score (nSPS) is 14.5. The van der Waals surface area contributed by atoms with Gasteiger partial charge >= 0.3 is 5.97 Å². The van der Waals surface area contributed by atoms with Crippen LogP contribution in [0.5, 0.6) is 0 Å². The van der Waals surface area contributed by atoms with Crippen molar-refractivity contribution in [1.82, 2.24) is 0 Å². The van der Waals surface area contributed by atoms with E-state index in [9.17, 15) is 9.90 Å². The van der Waals surface area contributed by atoms with Crippen LogP contribution in [0.4, 0.5) is 0 Å². The Balaban J connectivity index is 3.24. The lowest BCUT2D eigenvalue weighted by Gasteiger charge is -2.13. The summed E-state index contributed by atoms with van der Waals surface area (Å²) in [6.45, 7) is 6.15. The van der Waals surface area contributed by atoms with Crippen molar-refractivity contribution in [3.63, 3.8) is 0 Å². The number of carbonyl (C=O) groups is 1. The van der Waals surface area contributed by atoms with E-state index in [-0.39, 0.29) is 12.1 Å². The van der Waals surface area contributed by atoms with Crippen molar-refractivity contribution in [2.75, 3.05) is 12.4 Å². The van der Waals surface area contributed by atoms with Crippen molar-refractivity contribution in [3.8, 4) is 0 Å². The number of carbonyl (C=O) groups excluding carboxylic acids is 1. The molecule has 0 amide bonds. The Bertz CT molecular complexity index is 183. The number of hydrogen-bond donors (Lipinski definition) is 1. The molecule has 0 aromatic heterocycles. The number of rotatable bonds is 9. The van der Waals surface area contributed by atoms with Crippen molar-refractivity contribution in [2.45, 2.75) is 57.8 Å². The first-order valence-electron chi connectivity index (χ1n) is 6.03. The number of aliphatic hydroxyl groups is 1. The molecule has 0 saturated heterocycles. The highest BCUT2D eigenvalue weighted by Crippen LogP contribution is 2.16. The zero-order valence-electron chi connectivity index (χ0n) is 10.6. The monoisotopic (exact) mass is 248 g/mol. The minimum absolute atomic E-state index is 0.0903. The summed E-state index contributed by atoms with van der Waals surface area (Å²) in [4.78, 5) is 11.0. The summed E-state index contributed by atoms with van der Waals surface area (Å²) in [5.41, 5.74) is 0. The van der Waals surface area contributed by atoms with Gasteiger partial charge in [0, 0.05) is 11.7 Å². The predicted molar refractivity (Wildman–Crippen MR) is 68.7 cm³/mol. The number of unbranched alkanes of at least 4 members (excludes halogenated alkanes) is 2. The average molecular weight is 248 g/mol. The molecule has 0 spiro atoms. The van der Waals surface area contributed by atoms with E-state index >= 15 is 0 Å². The smallest absolute Gasteiger partial charge is 0.305 e. The van der Waals surface area contributed by atoms with Crippen molar-refractivity contribution in [3.05, 3.63) is 0 Å². The van der Waals surface area contributed by atoms with E-state index in [0.717, 1.165) is 25.0 Å². The molecular weight excluding hydrogens is 224 g/mol. The van der Waals surface area contributed by atoms with E-state index in [0.29, 0.717) is 18.3 Å². The summed E-state index contributed by atoms with van der Waals surface area (Å²) in [5.74, 6) is 0.960. The van der Waals surface area contributed by atoms with Crippen LogP contribution in [0.25, 0.3) is 0 Å². The van der Waals surface area contributed by atoms with Crippen molar-refractivity contribution < 1.29 is 14.6 Å². The van der Waals surface area contributed by atoms with Gasteiger partial charge in [-0.3, -0.25) is 4.79 Å². The molecule has 0 heterocycles. The maximum atomic E-state index is 11.0. The van der Waals surface area contributed by atoms with E-state index in [4.69, 9.17) is 4.74 Å².